The lowest BCUT2D eigenvalue weighted by Gasteiger charge is -2.28. The Balaban J connectivity index is 3.03. The van der Waals surface area contributed by atoms with Crippen molar-refractivity contribution in [3.8, 4) is 0 Å². The Bertz CT molecular complexity index is 409. The highest BCUT2D eigenvalue weighted by molar-refractivity contribution is 7.98. The predicted molar refractivity (Wildman–Crippen MR) is 86.6 cm³/mol. The van der Waals surface area contributed by atoms with Gasteiger partial charge in [-0.15, -0.1) is 0 Å². The zero-order valence-electron chi connectivity index (χ0n) is 12.9. The number of anilines is 2. The highest BCUT2D eigenvalue weighted by Crippen LogP contribution is 2.25. The fraction of sp³-hybridized carbons (Fsp3) is 0.714. The van der Waals surface area contributed by atoms with Crippen LogP contribution >= 0.6 is 11.8 Å². The van der Waals surface area contributed by atoms with Crippen LogP contribution in [0.4, 0.5) is 11.6 Å². The number of thioether (sulfide) groups is 1. The van der Waals surface area contributed by atoms with E-state index >= 15 is 0 Å². The molecular weight excluding hydrogens is 256 g/mol. The number of hydrogen-bond acceptors (Lipinski definition) is 5. The van der Waals surface area contributed by atoms with Gasteiger partial charge in [0, 0.05) is 32.1 Å². The summed E-state index contributed by atoms with van der Waals surface area (Å²) in [4.78, 5) is 11.5. The standard InChI is InChI=1S/C14H26N4S/c1-7-12-16-13(15-4)11(3)14(17-12)18(5)10(2)8-9-19-6/h10H,7-9H2,1-6H3,(H,15,16,17). The Labute approximate surface area is 121 Å². The van der Waals surface area contributed by atoms with Gasteiger partial charge in [0.05, 0.1) is 0 Å². The van der Waals surface area contributed by atoms with Crippen molar-refractivity contribution in [3.05, 3.63) is 11.4 Å². The first kappa shape index (κ1) is 16.1. The molecule has 0 aliphatic rings. The van der Waals surface area contributed by atoms with E-state index in [0.717, 1.165) is 35.9 Å². The van der Waals surface area contributed by atoms with E-state index < -0.39 is 0 Å². The molecule has 1 N–H and O–H groups in total. The smallest absolute Gasteiger partial charge is 0.137 e. The number of aryl methyl sites for hydroxylation is 1. The lowest BCUT2D eigenvalue weighted by Crippen LogP contribution is -2.31. The van der Waals surface area contributed by atoms with E-state index in [-0.39, 0.29) is 0 Å². The molecule has 0 radical (unpaired) electrons. The van der Waals surface area contributed by atoms with E-state index in [0.29, 0.717) is 6.04 Å². The fourth-order valence-electron chi connectivity index (χ4n) is 1.99. The molecule has 1 unspecified atom stereocenters. The number of hydrogen-bond donors (Lipinski definition) is 1. The summed E-state index contributed by atoms with van der Waals surface area (Å²) in [5, 5.41) is 3.17. The van der Waals surface area contributed by atoms with Crippen molar-refractivity contribution >= 4 is 23.4 Å². The van der Waals surface area contributed by atoms with Gasteiger partial charge >= 0.3 is 0 Å². The molecule has 0 saturated heterocycles. The molecule has 1 heterocycles. The van der Waals surface area contributed by atoms with E-state index in [1.165, 1.54) is 5.75 Å². The molecule has 0 saturated carbocycles. The van der Waals surface area contributed by atoms with Gasteiger partial charge in [-0.1, -0.05) is 6.92 Å². The van der Waals surface area contributed by atoms with E-state index in [1.807, 2.05) is 18.8 Å². The van der Waals surface area contributed by atoms with Gasteiger partial charge in [-0.3, -0.25) is 0 Å². The molecule has 0 bridgehead atoms. The maximum atomic E-state index is 4.70. The molecule has 4 nitrogen and oxygen atoms in total. The van der Waals surface area contributed by atoms with Crippen LogP contribution in [0.1, 0.15) is 31.7 Å². The van der Waals surface area contributed by atoms with Crippen LogP contribution in [0.5, 0.6) is 0 Å². The van der Waals surface area contributed by atoms with Crippen molar-refractivity contribution < 1.29 is 0 Å². The summed E-state index contributed by atoms with van der Waals surface area (Å²) in [7, 11) is 4.04. The minimum absolute atomic E-state index is 0.482. The number of rotatable bonds is 7. The summed E-state index contributed by atoms with van der Waals surface area (Å²) >= 11 is 1.89. The maximum Gasteiger partial charge on any atom is 0.137 e. The minimum atomic E-state index is 0.482. The fourth-order valence-corrected chi connectivity index (χ4v) is 2.56. The SMILES string of the molecule is CCc1nc(NC)c(C)c(N(C)C(C)CCSC)n1. The van der Waals surface area contributed by atoms with Gasteiger partial charge in [-0.2, -0.15) is 11.8 Å². The molecular formula is C14H26N4S. The Kier molecular flexibility index (Phi) is 6.42. The third-order valence-corrected chi connectivity index (χ3v) is 4.10. The highest BCUT2D eigenvalue weighted by Gasteiger charge is 2.17. The Morgan fingerprint density at radius 1 is 1.37 bits per heavy atom. The van der Waals surface area contributed by atoms with Gasteiger partial charge in [0.2, 0.25) is 0 Å². The zero-order chi connectivity index (χ0) is 14.4. The Morgan fingerprint density at radius 2 is 2.05 bits per heavy atom. The van der Waals surface area contributed by atoms with E-state index in [1.54, 1.807) is 0 Å². The van der Waals surface area contributed by atoms with E-state index in [9.17, 15) is 0 Å². The second-order valence-electron chi connectivity index (χ2n) is 4.78. The average molecular weight is 282 g/mol. The quantitative estimate of drug-likeness (QED) is 0.832. The molecule has 19 heavy (non-hydrogen) atoms. The van der Waals surface area contributed by atoms with Gasteiger partial charge in [0.1, 0.15) is 17.5 Å². The molecule has 1 aromatic heterocycles. The van der Waals surface area contributed by atoms with Crippen molar-refractivity contribution in [2.75, 3.05) is 36.3 Å². The van der Waals surface area contributed by atoms with Crippen molar-refractivity contribution in [2.24, 2.45) is 0 Å². The summed E-state index contributed by atoms with van der Waals surface area (Å²) in [6.45, 7) is 6.42. The zero-order valence-corrected chi connectivity index (χ0v) is 13.8. The first-order valence-electron chi connectivity index (χ1n) is 6.82. The summed E-state index contributed by atoms with van der Waals surface area (Å²) in [6, 6.07) is 0.482. The molecule has 0 amide bonds. The van der Waals surface area contributed by atoms with Crippen molar-refractivity contribution in [3.63, 3.8) is 0 Å². The second kappa shape index (κ2) is 7.58. The lowest BCUT2D eigenvalue weighted by molar-refractivity contribution is 0.657. The van der Waals surface area contributed by atoms with Crippen LogP contribution in [0.25, 0.3) is 0 Å². The largest absolute Gasteiger partial charge is 0.373 e. The van der Waals surface area contributed by atoms with Gasteiger partial charge < -0.3 is 10.2 Å². The molecule has 0 spiro atoms. The van der Waals surface area contributed by atoms with E-state index in [2.05, 4.69) is 49.3 Å². The molecule has 5 heteroatoms. The summed E-state index contributed by atoms with van der Waals surface area (Å²) < 4.78 is 0. The first-order valence-corrected chi connectivity index (χ1v) is 8.21. The van der Waals surface area contributed by atoms with Crippen LogP contribution < -0.4 is 10.2 Å². The Hall–Kier alpha value is -0.970. The van der Waals surface area contributed by atoms with Crippen LogP contribution in [0.15, 0.2) is 0 Å². The van der Waals surface area contributed by atoms with Crippen LogP contribution in [0.3, 0.4) is 0 Å². The van der Waals surface area contributed by atoms with Crippen LogP contribution in [0, 0.1) is 6.92 Å². The normalized spacial score (nSPS) is 12.3. The molecule has 0 fully saturated rings. The third-order valence-electron chi connectivity index (χ3n) is 3.45. The van der Waals surface area contributed by atoms with Crippen LogP contribution in [-0.2, 0) is 6.42 Å². The average Bonchev–Trinajstić information content (AvgIpc) is 2.44. The van der Waals surface area contributed by atoms with Crippen molar-refractivity contribution in [1.29, 1.82) is 0 Å². The van der Waals surface area contributed by atoms with Gasteiger partial charge in [-0.05, 0) is 32.3 Å². The lowest BCUT2D eigenvalue weighted by atomic mass is 10.2. The van der Waals surface area contributed by atoms with Crippen LogP contribution in [-0.4, -0.2) is 42.1 Å². The summed E-state index contributed by atoms with van der Waals surface area (Å²) in [5.74, 6) is 4.05. The van der Waals surface area contributed by atoms with E-state index in [4.69, 9.17) is 4.98 Å². The molecule has 0 aliphatic heterocycles. The van der Waals surface area contributed by atoms with Gasteiger partial charge in [-0.25, -0.2) is 9.97 Å². The van der Waals surface area contributed by atoms with Crippen LogP contribution in [0.2, 0.25) is 0 Å². The maximum absolute atomic E-state index is 4.70. The third kappa shape index (κ3) is 4.00. The van der Waals surface area contributed by atoms with Crippen molar-refractivity contribution in [2.45, 2.75) is 39.7 Å². The molecule has 0 aliphatic carbocycles. The number of nitrogens with zero attached hydrogens (tertiary/aromatic N) is 3. The molecule has 108 valence electrons. The molecule has 1 aromatic rings. The Morgan fingerprint density at radius 3 is 2.58 bits per heavy atom. The van der Waals surface area contributed by atoms with Gasteiger partial charge in [0.25, 0.3) is 0 Å². The van der Waals surface area contributed by atoms with Gasteiger partial charge in [0.15, 0.2) is 0 Å². The van der Waals surface area contributed by atoms with Crippen molar-refractivity contribution in [1.82, 2.24) is 9.97 Å². The summed E-state index contributed by atoms with van der Waals surface area (Å²) in [5.41, 5.74) is 1.12. The number of aromatic nitrogens is 2. The first-order chi connectivity index (χ1) is 9.04. The molecule has 1 rings (SSSR count). The molecule has 1 atom stereocenters. The highest BCUT2D eigenvalue weighted by atomic mass is 32.2. The minimum Gasteiger partial charge on any atom is -0.373 e. The summed E-state index contributed by atoms with van der Waals surface area (Å²) in [6.07, 6.45) is 4.17. The monoisotopic (exact) mass is 282 g/mol. The topological polar surface area (TPSA) is 41.1 Å². The number of nitrogens with one attached hydrogen (secondary N) is 1. The molecule has 0 aromatic carbocycles. The predicted octanol–water partition coefficient (Wildman–Crippen LogP) is 2.97. The second-order valence-corrected chi connectivity index (χ2v) is 5.77.